The second-order valence-electron chi connectivity index (χ2n) is 9.18. The van der Waals surface area contributed by atoms with Gasteiger partial charge < -0.3 is 20.9 Å². The number of aliphatic imine (C=N–C) groups is 1. The number of benzene rings is 3. The summed E-state index contributed by atoms with van der Waals surface area (Å²) in [5, 5.41) is 8.06. The molecule has 4 N–H and O–H groups in total. The van der Waals surface area contributed by atoms with E-state index >= 15 is 0 Å². The van der Waals surface area contributed by atoms with Crippen molar-refractivity contribution in [1.29, 1.82) is 0 Å². The number of fused-ring (bicyclic) bond motifs is 2. The number of aldehydes is 1. The van der Waals surface area contributed by atoms with Crippen molar-refractivity contribution in [2.75, 3.05) is 33.7 Å². The van der Waals surface area contributed by atoms with E-state index in [1.807, 2.05) is 49.6 Å². The normalized spacial score (nSPS) is 11.3. The zero-order valence-electron chi connectivity index (χ0n) is 23.9. The monoisotopic (exact) mass is 559 g/mol. The van der Waals surface area contributed by atoms with Crippen LogP contribution in [0.5, 0.6) is 0 Å². The van der Waals surface area contributed by atoms with Gasteiger partial charge in [0.1, 0.15) is 6.29 Å². The molecule has 1 heterocycles. The number of aromatic amines is 1. The van der Waals surface area contributed by atoms with E-state index in [0.717, 1.165) is 29.1 Å². The molecule has 0 aliphatic rings. The minimum Gasteiger partial charge on any atom is -0.378 e. The summed E-state index contributed by atoms with van der Waals surface area (Å²) in [7, 11) is 4.18. The van der Waals surface area contributed by atoms with Crippen molar-refractivity contribution in [1.82, 2.24) is 15.2 Å². The lowest BCUT2D eigenvalue weighted by Crippen LogP contribution is -2.23. The Morgan fingerprint density at radius 2 is 1.80 bits per heavy atom. The number of nitrogens with zero attached hydrogens (tertiary/aromatic N) is 2. The van der Waals surface area contributed by atoms with Crippen molar-refractivity contribution >= 4 is 50.8 Å². The van der Waals surface area contributed by atoms with Crippen molar-refractivity contribution in [3.05, 3.63) is 95.5 Å². The summed E-state index contributed by atoms with van der Waals surface area (Å²) >= 11 is 1.02. The van der Waals surface area contributed by atoms with Crippen LogP contribution in [0.3, 0.4) is 0 Å². The van der Waals surface area contributed by atoms with Crippen LogP contribution in [0.25, 0.3) is 21.7 Å². The number of carbonyl (C=O) groups excluding carboxylic acids is 2. The predicted octanol–water partition coefficient (Wildman–Crippen LogP) is 6.15. The molecule has 0 spiro atoms. The highest BCUT2D eigenvalue weighted by Crippen LogP contribution is 2.17. The molecule has 8 heteroatoms. The molecular formula is C32H41N5O2S. The van der Waals surface area contributed by atoms with Crippen LogP contribution in [0.1, 0.15) is 35.7 Å². The van der Waals surface area contributed by atoms with E-state index in [1.54, 1.807) is 12.1 Å². The Balaban J connectivity index is 0.000000235. The predicted molar refractivity (Wildman–Crippen MR) is 172 cm³/mol. The lowest BCUT2D eigenvalue weighted by Gasteiger charge is -2.14. The summed E-state index contributed by atoms with van der Waals surface area (Å²) < 4.78 is 0. The summed E-state index contributed by atoms with van der Waals surface area (Å²) in [6, 6.07) is 21.4. The Hall–Kier alpha value is -3.72. The Morgan fingerprint density at radius 3 is 2.50 bits per heavy atom. The van der Waals surface area contributed by atoms with Crippen LogP contribution in [-0.2, 0) is 4.79 Å². The lowest BCUT2D eigenvalue weighted by molar-refractivity contribution is -0.104. The molecule has 0 saturated carbocycles. The second-order valence-corrected chi connectivity index (χ2v) is 10.1. The highest BCUT2D eigenvalue weighted by molar-refractivity contribution is 8.16. The third-order valence-corrected chi connectivity index (χ3v) is 6.55. The number of hydrogen-bond donors (Lipinski definition) is 3. The molecule has 0 fully saturated rings. The molecule has 0 unspecified atom stereocenters. The number of aromatic nitrogens is 1. The molecule has 0 radical (unpaired) electrons. The van der Waals surface area contributed by atoms with E-state index in [0.29, 0.717) is 11.8 Å². The zero-order chi connectivity index (χ0) is 29.2. The van der Waals surface area contributed by atoms with Crippen molar-refractivity contribution < 1.29 is 9.59 Å². The smallest absolute Gasteiger partial charge is 0.279 e. The summed E-state index contributed by atoms with van der Waals surface area (Å²) in [4.78, 5) is 31.4. The molecule has 1 aromatic heterocycles. The van der Waals surface area contributed by atoms with Gasteiger partial charge in [-0.25, -0.2) is 0 Å². The van der Waals surface area contributed by atoms with Gasteiger partial charge in [-0.3, -0.25) is 9.59 Å². The molecule has 212 valence electrons. The molecule has 7 nitrogen and oxygen atoms in total. The number of H-pyrrole nitrogens is 1. The number of amidine groups is 1. The third kappa shape index (κ3) is 11.6. The maximum atomic E-state index is 12.0. The van der Waals surface area contributed by atoms with Gasteiger partial charge in [0.25, 0.3) is 5.91 Å². The van der Waals surface area contributed by atoms with Gasteiger partial charge in [-0.15, -0.1) is 0 Å². The number of para-hydroxylation sites is 1. The summed E-state index contributed by atoms with van der Waals surface area (Å²) in [6.45, 7) is 7.90. The Bertz CT molecular complexity index is 1400. The molecule has 0 aliphatic carbocycles. The number of rotatable bonds is 9. The first-order chi connectivity index (χ1) is 19.4. The van der Waals surface area contributed by atoms with Gasteiger partial charge in [0.05, 0.1) is 0 Å². The van der Waals surface area contributed by atoms with Crippen molar-refractivity contribution in [3.63, 3.8) is 0 Å². The van der Waals surface area contributed by atoms with Crippen LogP contribution >= 0.6 is 11.8 Å². The van der Waals surface area contributed by atoms with Gasteiger partial charge in [0.2, 0.25) is 0 Å². The van der Waals surface area contributed by atoms with Crippen molar-refractivity contribution in [3.8, 4) is 0 Å². The van der Waals surface area contributed by atoms with Gasteiger partial charge in [0, 0.05) is 22.7 Å². The molecule has 4 rings (SSSR count). The van der Waals surface area contributed by atoms with Crippen LogP contribution in [0.2, 0.25) is 0 Å². The molecule has 3 aromatic carbocycles. The first kappa shape index (κ1) is 32.5. The van der Waals surface area contributed by atoms with Crippen LogP contribution in [0, 0.1) is 6.92 Å². The summed E-state index contributed by atoms with van der Waals surface area (Å²) in [5.74, 6) is -0.403. The largest absolute Gasteiger partial charge is 0.378 e. The van der Waals surface area contributed by atoms with E-state index in [9.17, 15) is 9.59 Å². The number of carbonyl (C=O) groups is 2. The average Bonchev–Trinajstić information content (AvgIpc) is 3.34. The number of thioether (sulfide) groups is 1. The second kappa shape index (κ2) is 18.5. The minimum absolute atomic E-state index is 0.0984. The van der Waals surface area contributed by atoms with E-state index < -0.39 is 5.91 Å². The third-order valence-electron chi connectivity index (χ3n) is 5.92. The van der Waals surface area contributed by atoms with Crippen LogP contribution < -0.4 is 11.1 Å². The average molecular weight is 560 g/mol. The Labute approximate surface area is 241 Å². The number of amides is 1. The number of allylic oxidation sites excluding steroid dienone is 1. The quantitative estimate of drug-likeness (QED) is 0.0747. The number of hydrogen-bond acceptors (Lipinski definition) is 5. The van der Waals surface area contributed by atoms with Gasteiger partial charge in [-0.1, -0.05) is 67.2 Å². The summed E-state index contributed by atoms with van der Waals surface area (Å²) in [5.41, 5.74) is 8.61. The number of aryl methyl sites for hydroxylation is 1. The molecule has 1 amide bonds. The molecule has 0 atom stereocenters. The van der Waals surface area contributed by atoms with E-state index in [-0.39, 0.29) is 5.17 Å². The maximum Gasteiger partial charge on any atom is 0.279 e. The number of nitrogens with one attached hydrogen (secondary N) is 2. The molecule has 40 heavy (non-hydrogen) atoms. The molecule has 4 aromatic rings. The van der Waals surface area contributed by atoms with Crippen LogP contribution in [0.4, 0.5) is 0 Å². The van der Waals surface area contributed by atoms with Gasteiger partial charge in [-0.05, 0) is 99.5 Å². The molecule has 0 bridgehead atoms. The SMILES string of the molecule is CCCN(C)CCCNC.Cc1c[nH]c2ccccc12.NC(=NC(=O)c1ccc2ccccc2c1)S/C=C/C=O. The van der Waals surface area contributed by atoms with Crippen molar-refractivity contribution in [2.45, 2.75) is 26.7 Å². The highest BCUT2D eigenvalue weighted by atomic mass is 32.2. The maximum absolute atomic E-state index is 12.0. The standard InChI is InChI=1S/C15H12N2O2S.C9H9N.C8H20N2/c16-15(20-9-3-8-18)17-14(19)13-7-6-11-4-1-2-5-12(11)10-13;1-7-6-10-9-5-3-2-4-8(7)9;1-4-7-10(3)8-5-6-9-2/h1-10H,(H2,16,17,19);2-6,10H,1H3;9H,4-8H2,1-3H3/b9-3+;;. The first-order valence-electron chi connectivity index (χ1n) is 13.4. The molecule has 0 saturated heterocycles. The van der Waals surface area contributed by atoms with Gasteiger partial charge in [-0.2, -0.15) is 4.99 Å². The number of nitrogens with two attached hydrogens (primary N) is 1. The Morgan fingerprint density at radius 1 is 1.07 bits per heavy atom. The van der Waals surface area contributed by atoms with E-state index in [4.69, 9.17) is 5.73 Å². The fourth-order valence-electron chi connectivity index (χ4n) is 3.89. The molecular weight excluding hydrogens is 518 g/mol. The van der Waals surface area contributed by atoms with E-state index in [1.165, 1.54) is 53.9 Å². The fraction of sp³-hybridized carbons (Fsp3) is 0.281. The van der Waals surface area contributed by atoms with Crippen molar-refractivity contribution in [2.24, 2.45) is 10.7 Å². The molecule has 0 aliphatic heterocycles. The van der Waals surface area contributed by atoms with Crippen LogP contribution in [-0.4, -0.2) is 61.0 Å². The first-order valence-corrected chi connectivity index (χ1v) is 14.3. The van der Waals surface area contributed by atoms with Crippen LogP contribution in [0.15, 0.2) is 89.4 Å². The van der Waals surface area contributed by atoms with Gasteiger partial charge in [0.15, 0.2) is 5.17 Å². The fourth-order valence-corrected chi connectivity index (χ4v) is 4.31. The topological polar surface area (TPSA) is 104 Å². The minimum atomic E-state index is -0.403. The highest BCUT2D eigenvalue weighted by Gasteiger charge is 2.06. The summed E-state index contributed by atoms with van der Waals surface area (Å²) in [6.07, 6.45) is 6.46. The lowest BCUT2D eigenvalue weighted by atomic mass is 10.1. The van der Waals surface area contributed by atoms with E-state index in [2.05, 4.69) is 59.3 Å². The Kier molecular flexibility index (Phi) is 15.1. The zero-order valence-corrected chi connectivity index (χ0v) is 24.7. The van der Waals surface area contributed by atoms with Gasteiger partial charge >= 0.3 is 0 Å².